The van der Waals surface area contributed by atoms with Crippen molar-refractivity contribution in [1.82, 2.24) is 15.5 Å². The third-order valence-electron chi connectivity index (χ3n) is 4.72. The maximum Gasteiger partial charge on any atom is 0.270 e. The van der Waals surface area contributed by atoms with Crippen LogP contribution < -0.4 is 10.6 Å². The van der Waals surface area contributed by atoms with Gasteiger partial charge in [0.1, 0.15) is 6.04 Å². The number of likely N-dealkylation sites (tertiary alicyclic amines) is 1. The van der Waals surface area contributed by atoms with Crippen LogP contribution in [-0.2, 0) is 4.79 Å². The summed E-state index contributed by atoms with van der Waals surface area (Å²) in [4.78, 5) is 37.5. The molecule has 0 spiro atoms. The number of rotatable bonds is 7. The molecule has 27 heavy (non-hydrogen) atoms. The van der Waals surface area contributed by atoms with E-state index < -0.39 is 16.9 Å². The highest BCUT2D eigenvalue weighted by molar-refractivity contribution is 6.34. The zero-order valence-electron chi connectivity index (χ0n) is 15.7. The summed E-state index contributed by atoms with van der Waals surface area (Å²) in [6.45, 7) is 5.91. The zero-order valence-corrected chi connectivity index (χ0v) is 16.5. The first-order valence-corrected chi connectivity index (χ1v) is 9.30. The van der Waals surface area contributed by atoms with Crippen LogP contribution in [0.25, 0.3) is 0 Å². The van der Waals surface area contributed by atoms with Gasteiger partial charge in [0, 0.05) is 25.2 Å². The second-order valence-corrected chi connectivity index (χ2v) is 7.52. The summed E-state index contributed by atoms with van der Waals surface area (Å²) in [5, 5.41) is 16.6. The Hall–Kier alpha value is -2.19. The van der Waals surface area contributed by atoms with Crippen LogP contribution in [-0.4, -0.2) is 54.4 Å². The molecule has 2 rings (SSSR count). The van der Waals surface area contributed by atoms with Gasteiger partial charge in [-0.15, -0.1) is 0 Å². The number of nitro groups is 1. The van der Waals surface area contributed by atoms with E-state index in [1.807, 2.05) is 20.9 Å². The van der Waals surface area contributed by atoms with Gasteiger partial charge in [-0.3, -0.25) is 19.7 Å². The van der Waals surface area contributed by atoms with E-state index in [2.05, 4.69) is 10.6 Å². The van der Waals surface area contributed by atoms with E-state index in [9.17, 15) is 19.7 Å². The summed E-state index contributed by atoms with van der Waals surface area (Å²) < 4.78 is 0. The molecule has 9 heteroatoms. The number of non-ortho nitro benzene ring substituents is 1. The average molecular weight is 397 g/mol. The Labute approximate surface area is 163 Å². The highest BCUT2D eigenvalue weighted by Gasteiger charge is 2.33. The van der Waals surface area contributed by atoms with Gasteiger partial charge in [0.25, 0.3) is 11.6 Å². The van der Waals surface area contributed by atoms with E-state index in [0.29, 0.717) is 19.0 Å². The summed E-state index contributed by atoms with van der Waals surface area (Å²) in [6.07, 6.45) is 0.930. The molecule has 0 saturated carbocycles. The number of nitrogens with one attached hydrogen (secondary N) is 2. The molecule has 2 N–H and O–H groups in total. The van der Waals surface area contributed by atoms with Gasteiger partial charge in [-0.25, -0.2) is 0 Å². The van der Waals surface area contributed by atoms with Crippen LogP contribution in [0.1, 0.15) is 30.6 Å². The molecule has 1 heterocycles. The predicted molar refractivity (Wildman–Crippen MR) is 103 cm³/mol. The topological polar surface area (TPSA) is 105 Å². The number of carbonyl (C=O) groups excluding carboxylic acids is 2. The predicted octanol–water partition coefficient (Wildman–Crippen LogP) is 2.07. The summed E-state index contributed by atoms with van der Waals surface area (Å²) >= 11 is 6.02. The van der Waals surface area contributed by atoms with Gasteiger partial charge in [0.05, 0.1) is 15.5 Å². The van der Waals surface area contributed by atoms with Crippen LogP contribution in [0.4, 0.5) is 5.69 Å². The van der Waals surface area contributed by atoms with Crippen molar-refractivity contribution < 1.29 is 14.5 Å². The van der Waals surface area contributed by atoms with Crippen molar-refractivity contribution in [3.63, 3.8) is 0 Å². The summed E-state index contributed by atoms with van der Waals surface area (Å²) in [6, 6.07) is 2.97. The molecule has 0 bridgehead atoms. The van der Waals surface area contributed by atoms with Crippen LogP contribution in [0.15, 0.2) is 18.2 Å². The third-order valence-corrected chi connectivity index (χ3v) is 5.03. The van der Waals surface area contributed by atoms with E-state index in [1.165, 1.54) is 12.1 Å². The van der Waals surface area contributed by atoms with Crippen molar-refractivity contribution in [2.24, 2.45) is 11.8 Å². The van der Waals surface area contributed by atoms with Crippen molar-refractivity contribution in [2.75, 3.05) is 26.7 Å². The molecular formula is C18H25ClN4O4. The lowest BCUT2D eigenvalue weighted by atomic mass is 10.0. The Morgan fingerprint density at radius 1 is 1.41 bits per heavy atom. The Morgan fingerprint density at radius 2 is 2.11 bits per heavy atom. The molecule has 1 saturated heterocycles. The number of benzene rings is 1. The number of halogens is 1. The molecule has 0 aromatic heterocycles. The number of nitro benzene ring substituents is 1. The minimum absolute atomic E-state index is 0.0214. The molecule has 0 radical (unpaired) electrons. The van der Waals surface area contributed by atoms with Gasteiger partial charge >= 0.3 is 0 Å². The minimum atomic E-state index is -0.683. The van der Waals surface area contributed by atoms with Crippen LogP contribution >= 0.6 is 11.6 Å². The standard InChI is InChI=1S/C18H25ClN4O4/c1-11(2)16(18(25)22-7-6-12(10-22)9-20-3)21-17(24)14-5-4-13(23(26)27)8-15(14)19/h4-5,8,11-12,16,20H,6-7,9-10H2,1-3H3,(H,21,24). The summed E-state index contributed by atoms with van der Waals surface area (Å²) in [5.74, 6) is -0.337. The van der Waals surface area contributed by atoms with Crippen molar-refractivity contribution >= 4 is 29.1 Å². The lowest BCUT2D eigenvalue weighted by Gasteiger charge is -2.27. The Kier molecular flexibility index (Phi) is 7.15. The highest BCUT2D eigenvalue weighted by Crippen LogP contribution is 2.23. The molecule has 2 atom stereocenters. The third kappa shape index (κ3) is 5.17. The summed E-state index contributed by atoms with van der Waals surface area (Å²) in [5.41, 5.74) is -0.0872. The van der Waals surface area contributed by atoms with Crippen molar-refractivity contribution in [1.29, 1.82) is 0 Å². The first-order valence-electron chi connectivity index (χ1n) is 8.92. The lowest BCUT2D eigenvalue weighted by molar-refractivity contribution is -0.384. The maximum absolute atomic E-state index is 12.9. The molecule has 2 unspecified atom stereocenters. The van der Waals surface area contributed by atoms with Crippen LogP contribution in [0.5, 0.6) is 0 Å². The van der Waals surface area contributed by atoms with E-state index >= 15 is 0 Å². The molecule has 1 aliphatic rings. The highest BCUT2D eigenvalue weighted by atomic mass is 35.5. The van der Waals surface area contributed by atoms with Crippen molar-refractivity contribution in [3.8, 4) is 0 Å². The smallest absolute Gasteiger partial charge is 0.270 e. The molecule has 148 valence electrons. The Bertz CT molecular complexity index is 725. The van der Waals surface area contributed by atoms with E-state index in [4.69, 9.17) is 11.6 Å². The average Bonchev–Trinajstić information content (AvgIpc) is 3.07. The van der Waals surface area contributed by atoms with Crippen LogP contribution in [0.3, 0.4) is 0 Å². The first-order chi connectivity index (χ1) is 12.7. The molecule has 1 aromatic carbocycles. The number of carbonyl (C=O) groups is 2. The summed E-state index contributed by atoms with van der Waals surface area (Å²) in [7, 11) is 1.88. The van der Waals surface area contributed by atoms with E-state index in [-0.39, 0.29) is 28.1 Å². The van der Waals surface area contributed by atoms with Gasteiger partial charge in [-0.1, -0.05) is 25.4 Å². The fourth-order valence-electron chi connectivity index (χ4n) is 3.22. The molecule has 2 amide bonds. The molecule has 1 fully saturated rings. The molecule has 8 nitrogen and oxygen atoms in total. The number of hydrogen-bond acceptors (Lipinski definition) is 5. The van der Waals surface area contributed by atoms with Gasteiger partial charge in [-0.2, -0.15) is 0 Å². The van der Waals surface area contributed by atoms with Crippen LogP contribution in [0.2, 0.25) is 5.02 Å². The fraction of sp³-hybridized carbons (Fsp3) is 0.556. The minimum Gasteiger partial charge on any atom is -0.341 e. The van der Waals surface area contributed by atoms with Crippen molar-refractivity contribution in [3.05, 3.63) is 38.9 Å². The lowest BCUT2D eigenvalue weighted by Crippen LogP contribution is -2.50. The fourth-order valence-corrected chi connectivity index (χ4v) is 3.48. The maximum atomic E-state index is 12.9. The first kappa shape index (κ1) is 21.1. The quantitative estimate of drug-likeness (QED) is 0.542. The Balaban J connectivity index is 2.10. The normalized spacial score (nSPS) is 17.8. The molecule has 0 aliphatic carbocycles. The van der Waals surface area contributed by atoms with Gasteiger partial charge in [0.15, 0.2) is 0 Å². The van der Waals surface area contributed by atoms with E-state index in [0.717, 1.165) is 19.0 Å². The van der Waals surface area contributed by atoms with E-state index in [1.54, 1.807) is 4.90 Å². The van der Waals surface area contributed by atoms with Crippen LogP contribution in [0, 0.1) is 22.0 Å². The molecular weight excluding hydrogens is 372 g/mol. The largest absolute Gasteiger partial charge is 0.341 e. The zero-order chi connectivity index (χ0) is 20.1. The molecule has 1 aliphatic heterocycles. The number of amides is 2. The Morgan fingerprint density at radius 3 is 2.67 bits per heavy atom. The van der Waals surface area contributed by atoms with Crippen molar-refractivity contribution in [2.45, 2.75) is 26.3 Å². The monoisotopic (exact) mass is 396 g/mol. The second kappa shape index (κ2) is 9.14. The van der Waals surface area contributed by atoms with Gasteiger partial charge in [0.2, 0.25) is 5.91 Å². The van der Waals surface area contributed by atoms with Gasteiger partial charge < -0.3 is 15.5 Å². The molecule has 1 aromatic rings. The van der Waals surface area contributed by atoms with Gasteiger partial charge in [-0.05, 0) is 37.9 Å². The second-order valence-electron chi connectivity index (χ2n) is 7.11. The number of hydrogen-bond donors (Lipinski definition) is 2. The SMILES string of the molecule is CNCC1CCN(C(=O)C(NC(=O)c2ccc([N+](=O)[O-])cc2Cl)C(C)C)C1. The number of nitrogens with zero attached hydrogens (tertiary/aromatic N) is 2.